The highest BCUT2D eigenvalue weighted by Gasteiger charge is 2.42. The monoisotopic (exact) mass is 538 g/mol. The van der Waals surface area contributed by atoms with Crippen LogP contribution in [0, 0.1) is 5.82 Å². The van der Waals surface area contributed by atoms with Crippen molar-refractivity contribution in [2.24, 2.45) is 0 Å². The van der Waals surface area contributed by atoms with Gasteiger partial charge in [-0.2, -0.15) is 0 Å². The molecule has 2 N–H and O–H groups in total. The minimum Gasteiger partial charge on any atom is -0.495 e. The number of aromatic nitrogens is 1. The van der Waals surface area contributed by atoms with Crippen molar-refractivity contribution in [2.75, 3.05) is 23.0 Å². The van der Waals surface area contributed by atoms with Gasteiger partial charge in [-0.15, -0.1) is 0 Å². The molecule has 190 valence electrons. The van der Waals surface area contributed by atoms with E-state index >= 15 is 0 Å². The molecule has 2 aromatic heterocycles. The summed E-state index contributed by atoms with van der Waals surface area (Å²) in [5.41, 5.74) is 2.37. The molecule has 11 heteroatoms. The summed E-state index contributed by atoms with van der Waals surface area (Å²) in [6, 6.07) is 19.6. The fourth-order valence-corrected chi connectivity index (χ4v) is 5.23. The number of sulfonamides is 1. The molecule has 3 heterocycles. The zero-order chi connectivity index (χ0) is 26.2. The predicted molar refractivity (Wildman–Crippen MR) is 143 cm³/mol. The zero-order valence-corrected chi connectivity index (χ0v) is 21.5. The molecule has 0 saturated carbocycles. The van der Waals surface area contributed by atoms with Crippen LogP contribution in [-0.4, -0.2) is 31.9 Å². The molecule has 2 atom stereocenters. The van der Waals surface area contributed by atoms with Gasteiger partial charge in [-0.1, -0.05) is 6.07 Å². The van der Waals surface area contributed by atoms with Crippen LogP contribution >= 0.6 is 12.2 Å². The van der Waals surface area contributed by atoms with E-state index < -0.39 is 16.1 Å². The van der Waals surface area contributed by atoms with Crippen LogP contribution in [0.2, 0.25) is 0 Å². The Bertz CT molecular complexity index is 1540. The highest BCUT2D eigenvalue weighted by atomic mass is 32.2. The number of thiocarbonyl (C=S) groups is 1. The van der Waals surface area contributed by atoms with Crippen molar-refractivity contribution in [3.8, 4) is 17.1 Å². The molecule has 37 heavy (non-hydrogen) atoms. The second-order valence-corrected chi connectivity index (χ2v) is 10.6. The van der Waals surface area contributed by atoms with Gasteiger partial charge in [0.05, 0.1) is 30.8 Å². The van der Waals surface area contributed by atoms with E-state index in [9.17, 15) is 12.8 Å². The van der Waals surface area contributed by atoms with Crippen LogP contribution in [0.25, 0.3) is 11.3 Å². The fraction of sp³-hybridized carbons (Fsp3) is 0.154. The van der Waals surface area contributed by atoms with Crippen molar-refractivity contribution in [1.82, 2.24) is 10.3 Å². The molecule has 1 aliphatic heterocycles. The van der Waals surface area contributed by atoms with Crippen molar-refractivity contribution in [2.45, 2.75) is 12.1 Å². The summed E-state index contributed by atoms with van der Waals surface area (Å²) < 4.78 is 51.5. The molecule has 8 nitrogen and oxygen atoms in total. The Morgan fingerprint density at radius 1 is 1.11 bits per heavy atom. The normalized spacial score (nSPS) is 17.5. The lowest BCUT2D eigenvalue weighted by Crippen LogP contribution is -2.29. The summed E-state index contributed by atoms with van der Waals surface area (Å²) in [5, 5.41) is 3.75. The van der Waals surface area contributed by atoms with E-state index in [1.54, 1.807) is 36.5 Å². The maximum absolute atomic E-state index is 13.4. The van der Waals surface area contributed by atoms with Crippen LogP contribution < -0.4 is 19.7 Å². The number of furan rings is 1. The first-order valence-electron chi connectivity index (χ1n) is 11.3. The summed E-state index contributed by atoms with van der Waals surface area (Å²) in [7, 11) is -2.10. The molecule has 0 bridgehead atoms. The van der Waals surface area contributed by atoms with Gasteiger partial charge in [-0.05, 0) is 78.9 Å². The molecule has 1 fully saturated rings. The Kier molecular flexibility index (Phi) is 6.57. The summed E-state index contributed by atoms with van der Waals surface area (Å²) in [5.74, 6) is 1.19. The highest BCUT2D eigenvalue weighted by Crippen LogP contribution is 2.44. The Hall–Kier alpha value is -3.96. The van der Waals surface area contributed by atoms with Crippen molar-refractivity contribution in [3.05, 3.63) is 96.3 Å². The number of halogens is 1. The minimum absolute atomic E-state index is 0.275. The number of pyridine rings is 1. The molecule has 1 saturated heterocycles. The lowest BCUT2D eigenvalue weighted by Gasteiger charge is -2.27. The van der Waals surface area contributed by atoms with Crippen LogP contribution in [0.15, 0.2) is 83.4 Å². The summed E-state index contributed by atoms with van der Waals surface area (Å²) in [6.07, 6.45) is 2.77. The first-order valence-corrected chi connectivity index (χ1v) is 13.6. The maximum atomic E-state index is 13.4. The largest absolute Gasteiger partial charge is 0.495 e. The summed E-state index contributed by atoms with van der Waals surface area (Å²) in [6.45, 7) is 0. The van der Waals surface area contributed by atoms with E-state index in [0.717, 1.165) is 17.5 Å². The number of rotatable bonds is 7. The van der Waals surface area contributed by atoms with Crippen LogP contribution in [0.3, 0.4) is 0 Å². The Morgan fingerprint density at radius 2 is 1.89 bits per heavy atom. The smallest absolute Gasteiger partial charge is 0.229 e. The van der Waals surface area contributed by atoms with Crippen LogP contribution in [0.5, 0.6) is 5.75 Å². The van der Waals surface area contributed by atoms with E-state index in [4.69, 9.17) is 21.4 Å². The quantitative estimate of drug-likeness (QED) is 0.316. The molecular formula is C26H23FN4O4S2. The maximum Gasteiger partial charge on any atom is 0.229 e. The van der Waals surface area contributed by atoms with Gasteiger partial charge >= 0.3 is 0 Å². The van der Waals surface area contributed by atoms with E-state index in [2.05, 4.69) is 15.0 Å². The number of methoxy groups -OCH3 is 1. The molecule has 0 aliphatic carbocycles. The third-order valence-electron chi connectivity index (χ3n) is 5.90. The highest BCUT2D eigenvalue weighted by molar-refractivity contribution is 7.92. The fourth-order valence-electron chi connectivity index (χ4n) is 4.33. The molecule has 5 rings (SSSR count). The average Bonchev–Trinajstić information content (AvgIpc) is 3.48. The lowest BCUT2D eigenvalue weighted by molar-refractivity contribution is 0.416. The number of ether oxygens (including phenoxy) is 1. The Morgan fingerprint density at radius 3 is 2.57 bits per heavy atom. The predicted octanol–water partition coefficient (Wildman–Crippen LogP) is 5.04. The topological polar surface area (TPSA) is 96.7 Å². The van der Waals surface area contributed by atoms with Gasteiger partial charge in [0.1, 0.15) is 29.1 Å². The van der Waals surface area contributed by atoms with Crippen LogP contribution in [0.4, 0.5) is 15.8 Å². The molecule has 0 unspecified atom stereocenters. The molecule has 0 radical (unpaired) electrons. The van der Waals surface area contributed by atoms with Crippen molar-refractivity contribution in [3.63, 3.8) is 0 Å². The van der Waals surface area contributed by atoms with Gasteiger partial charge in [-0.3, -0.25) is 9.71 Å². The Labute approximate surface area is 219 Å². The second kappa shape index (κ2) is 9.83. The molecule has 0 spiro atoms. The standard InChI is InChI=1S/C26H23FN4O4S2/c1-34-22-11-10-18(15-20(22)30-37(2,32)33)31-25(24(29-26(31)36)19-5-3-4-14-28-19)23-13-12-21(35-23)16-6-8-17(27)9-7-16/h3-15,24-25,30H,1-2H3,(H,29,36)/t24-,25-/m1/s1. The SMILES string of the molecule is COc1ccc(N2C(=S)N[C@H](c3ccccn3)[C@H]2c2ccc(-c3ccc(F)cc3)o2)cc1NS(C)(=O)=O. The van der Waals surface area contributed by atoms with E-state index in [-0.39, 0.29) is 17.5 Å². The second-order valence-electron chi connectivity index (χ2n) is 8.46. The van der Waals surface area contributed by atoms with Gasteiger partial charge in [0.15, 0.2) is 5.11 Å². The third kappa shape index (κ3) is 5.13. The van der Waals surface area contributed by atoms with Gasteiger partial charge in [0.25, 0.3) is 0 Å². The van der Waals surface area contributed by atoms with Crippen LogP contribution in [0.1, 0.15) is 23.5 Å². The van der Waals surface area contributed by atoms with E-state index in [1.807, 2.05) is 35.2 Å². The average molecular weight is 539 g/mol. The van der Waals surface area contributed by atoms with Crippen molar-refractivity contribution in [1.29, 1.82) is 0 Å². The number of benzene rings is 2. The number of hydrogen-bond donors (Lipinski definition) is 2. The minimum atomic E-state index is -3.57. The molecule has 1 aliphatic rings. The first kappa shape index (κ1) is 24.7. The number of nitrogens with one attached hydrogen (secondary N) is 2. The van der Waals surface area contributed by atoms with Crippen molar-refractivity contribution >= 4 is 38.7 Å². The zero-order valence-electron chi connectivity index (χ0n) is 19.9. The third-order valence-corrected chi connectivity index (χ3v) is 6.81. The summed E-state index contributed by atoms with van der Waals surface area (Å²) in [4.78, 5) is 6.38. The number of hydrogen-bond acceptors (Lipinski definition) is 6. The van der Waals surface area contributed by atoms with Gasteiger partial charge in [0.2, 0.25) is 10.0 Å². The van der Waals surface area contributed by atoms with E-state index in [1.165, 1.54) is 19.2 Å². The molecule has 4 aromatic rings. The van der Waals surface area contributed by atoms with Gasteiger partial charge in [0, 0.05) is 17.4 Å². The molecular weight excluding hydrogens is 515 g/mol. The van der Waals surface area contributed by atoms with E-state index in [0.29, 0.717) is 28.1 Å². The first-order chi connectivity index (χ1) is 17.7. The lowest BCUT2D eigenvalue weighted by atomic mass is 10.0. The van der Waals surface area contributed by atoms with Crippen molar-refractivity contribution < 1.29 is 22.0 Å². The van der Waals surface area contributed by atoms with Gasteiger partial charge < -0.3 is 19.4 Å². The van der Waals surface area contributed by atoms with Gasteiger partial charge in [-0.25, -0.2) is 12.8 Å². The molecule has 0 amide bonds. The number of nitrogens with zero attached hydrogens (tertiary/aromatic N) is 2. The molecule has 2 aromatic carbocycles. The van der Waals surface area contributed by atoms with Crippen LogP contribution in [-0.2, 0) is 10.0 Å². The Balaban J connectivity index is 1.61. The number of anilines is 2. The summed E-state index contributed by atoms with van der Waals surface area (Å²) >= 11 is 5.74.